The van der Waals surface area contributed by atoms with E-state index in [0.717, 1.165) is 58.7 Å². The Balaban J connectivity index is 1.55. The molecule has 0 spiro atoms. The molecule has 2 aliphatic rings. The third kappa shape index (κ3) is 3.59. The molecular weight excluding hydrogens is 308 g/mol. The summed E-state index contributed by atoms with van der Waals surface area (Å²) in [6.07, 6.45) is 3.21. The zero-order valence-electron chi connectivity index (χ0n) is 12.1. The number of carbonyl (C=O) groups excluding carboxylic acids is 1. The maximum absolute atomic E-state index is 12.4. The van der Waals surface area contributed by atoms with Gasteiger partial charge in [0.25, 0.3) is 5.91 Å². The molecule has 116 valence electrons. The number of thiophene rings is 1. The molecular formula is C15H21ClN2O2S. The Hall–Kier alpha value is -0.620. The smallest absolute Gasteiger partial charge is 0.256 e. The summed E-state index contributed by atoms with van der Waals surface area (Å²) in [5.41, 5.74) is 0.656. The third-order valence-corrected chi connectivity index (χ3v) is 5.54. The van der Waals surface area contributed by atoms with Crippen molar-refractivity contribution in [3.8, 4) is 0 Å². The van der Waals surface area contributed by atoms with Gasteiger partial charge in [-0.1, -0.05) is 11.6 Å². The van der Waals surface area contributed by atoms with E-state index in [1.165, 1.54) is 11.3 Å². The van der Waals surface area contributed by atoms with E-state index in [-0.39, 0.29) is 5.91 Å². The Morgan fingerprint density at radius 3 is 2.76 bits per heavy atom. The Bertz CT molecular complexity index is 478. The van der Waals surface area contributed by atoms with Gasteiger partial charge < -0.3 is 9.64 Å². The number of rotatable bonds is 2. The standard InChI is InChI=1S/C15H21ClN2O2S/c16-14-13(4-11-21-14)15(19)18-6-2-12(3-7-18)17-5-1-9-20-10-8-17/h4,11-12H,1-3,5-10H2. The number of hydrogen-bond donors (Lipinski definition) is 0. The molecule has 2 saturated heterocycles. The molecule has 2 aliphatic heterocycles. The van der Waals surface area contributed by atoms with Crippen LogP contribution in [-0.4, -0.2) is 61.1 Å². The van der Waals surface area contributed by atoms with Crippen molar-refractivity contribution in [2.24, 2.45) is 0 Å². The zero-order valence-corrected chi connectivity index (χ0v) is 13.7. The molecule has 0 unspecified atom stereocenters. The van der Waals surface area contributed by atoms with E-state index in [0.29, 0.717) is 15.9 Å². The van der Waals surface area contributed by atoms with Crippen LogP contribution in [0.4, 0.5) is 0 Å². The van der Waals surface area contributed by atoms with Gasteiger partial charge in [0.1, 0.15) is 4.34 Å². The Labute approximate surface area is 134 Å². The summed E-state index contributed by atoms with van der Waals surface area (Å²) in [7, 11) is 0. The number of carbonyl (C=O) groups is 1. The number of piperidine rings is 1. The summed E-state index contributed by atoms with van der Waals surface area (Å²) in [5.74, 6) is 0.0823. The monoisotopic (exact) mass is 328 g/mol. The van der Waals surface area contributed by atoms with Crippen LogP contribution >= 0.6 is 22.9 Å². The molecule has 3 rings (SSSR count). The zero-order chi connectivity index (χ0) is 14.7. The van der Waals surface area contributed by atoms with Crippen molar-refractivity contribution in [3.63, 3.8) is 0 Å². The van der Waals surface area contributed by atoms with Gasteiger partial charge in [-0.15, -0.1) is 11.3 Å². The highest BCUT2D eigenvalue weighted by Crippen LogP contribution is 2.26. The molecule has 0 aromatic carbocycles. The highest BCUT2D eigenvalue weighted by molar-refractivity contribution is 7.14. The highest BCUT2D eigenvalue weighted by atomic mass is 35.5. The minimum absolute atomic E-state index is 0.0823. The molecule has 0 N–H and O–H groups in total. The molecule has 1 amide bonds. The summed E-state index contributed by atoms with van der Waals surface area (Å²) in [4.78, 5) is 16.9. The van der Waals surface area contributed by atoms with E-state index in [4.69, 9.17) is 16.3 Å². The first-order valence-corrected chi connectivity index (χ1v) is 8.85. The van der Waals surface area contributed by atoms with Crippen LogP contribution in [0, 0.1) is 0 Å². The molecule has 2 fully saturated rings. The van der Waals surface area contributed by atoms with E-state index in [1.807, 2.05) is 16.3 Å². The summed E-state index contributed by atoms with van der Waals surface area (Å²) < 4.78 is 6.12. The Morgan fingerprint density at radius 1 is 1.24 bits per heavy atom. The average Bonchev–Trinajstić information content (AvgIpc) is 2.78. The van der Waals surface area contributed by atoms with Gasteiger partial charge in [-0.3, -0.25) is 9.69 Å². The van der Waals surface area contributed by atoms with Crippen LogP contribution in [0.5, 0.6) is 0 Å². The maximum atomic E-state index is 12.4. The van der Waals surface area contributed by atoms with Crippen LogP contribution in [0.1, 0.15) is 29.6 Å². The number of ether oxygens (including phenoxy) is 1. The summed E-state index contributed by atoms with van der Waals surface area (Å²) in [5, 5.41) is 1.87. The van der Waals surface area contributed by atoms with Gasteiger partial charge in [0, 0.05) is 38.8 Å². The fourth-order valence-corrected chi connectivity index (χ4v) is 4.09. The van der Waals surface area contributed by atoms with Gasteiger partial charge in [0.05, 0.1) is 12.2 Å². The second kappa shape index (κ2) is 7.09. The van der Waals surface area contributed by atoms with Crippen molar-refractivity contribution in [3.05, 3.63) is 21.3 Å². The summed E-state index contributed by atoms with van der Waals surface area (Å²) in [6, 6.07) is 2.42. The molecule has 0 aliphatic carbocycles. The van der Waals surface area contributed by atoms with Gasteiger partial charge in [0.2, 0.25) is 0 Å². The van der Waals surface area contributed by atoms with E-state index in [9.17, 15) is 4.79 Å². The predicted molar refractivity (Wildman–Crippen MR) is 85.3 cm³/mol. The number of halogens is 1. The SMILES string of the molecule is O=C(c1ccsc1Cl)N1CCC(N2CCCOCC2)CC1. The van der Waals surface area contributed by atoms with Gasteiger partial charge in [0.15, 0.2) is 0 Å². The molecule has 4 nitrogen and oxygen atoms in total. The molecule has 0 atom stereocenters. The van der Waals surface area contributed by atoms with E-state index in [1.54, 1.807) is 0 Å². The fourth-order valence-electron chi connectivity index (χ4n) is 3.18. The molecule has 0 radical (unpaired) electrons. The maximum Gasteiger partial charge on any atom is 0.256 e. The lowest BCUT2D eigenvalue weighted by Crippen LogP contribution is -2.47. The number of likely N-dealkylation sites (tertiary alicyclic amines) is 1. The molecule has 0 saturated carbocycles. The Kier molecular flexibility index (Phi) is 5.16. The van der Waals surface area contributed by atoms with Crippen molar-refractivity contribution >= 4 is 28.8 Å². The molecule has 1 aromatic rings. The number of amides is 1. The first-order chi connectivity index (χ1) is 10.3. The fraction of sp³-hybridized carbons (Fsp3) is 0.667. The van der Waals surface area contributed by atoms with Crippen LogP contribution in [-0.2, 0) is 4.74 Å². The molecule has 3 heterocycles. The number of nitrogens with zero attached hydrogens (tertiary/aromatic N) is 2. The molecule has 1 aromatic heterocycles. The number of hydrogen-bond acceptors (Lipinski definition) is 4. The summed E-state index contributed by atoms with van der Waals surface area (Å²) >= 11 is 7.49. The summed E-state index contributed by atoms with van der Waals surface area (Å²) in [6.45, 7) is 5.51. The van der Waals surface area contributed by atoms with Crippen molar-refractivity contribution in [2.45, 2.75) is 25.3 Å². The van der Waals surface area contributed by atoms with Crippen LogP contribution in [0.15, 0.2) is 11.4 Å². The quantitative estimate of drug-likeness (QED) is 0.837. The van der Waals surface area contributed by atoms with Crippen molar-refractivity contribution in [2.75, 3.05) is 39.4 Å². The average molecular weight is 329 g/mol. The molecule has 0 bridgehead atoms. The predicted octanol–water partition coefficient (Wildman–Crippen LogP) is 2.73. The van der Waals surface area contributed by atoms with Crippen molar-refractivity contribution in [1.82, 2.24) is 9.80 Å². The van der Waals surface area contributed by atoms with Crippen molar-refractivity contribution < 1.29 is 9.53 Å². The largest absolute Gasteiger partial charge is 0.380 e. The first kappa shape index (κ1) is 15.3. The normalized spacial score (nSPS) is 22.2. The second-order valence-electron chi connectivity index (χ2n) is 5.63. The third-order valence-electron chi connectivity index (χ3n) is 4.37. The first-order valence-electron chi connectivity index (χ1n) is 7.60. The van der Waals surface area contributed by atoms with Crippen LogP contribution in [0.25, 0.3) is 0 Å². The topological polar surface area (TPSA) is 32.8 Å². The lowest BCUT2D eigenvalue weighted by Gasteiger charge is -2.37. The highest BCUT2D eigenvalue weighted by Gasteiger charge is 2.28. The minimum Gasteiger partial charge on any atom is -0.380 e. The van der Waals surface area contributed by atoms with E-state index in [2.05, 4.69) is 4.90 Å². The van der Waals surface area contributed by atoms with Crippen LogP contribution in [0.3, 0.4) is 0 Å². The lowest BCUT2D eigenvalue weighted by molar-refractivity contribution is 0.0609. The van der Waals surface area contributed by atoms with E-state index < -0.39 is 0 Å². The van der Waals surface area contributed by atoms with Crippen LogP contribution in [0.2, 0.25) is 4.34 Å². The van der Waals surface area contributed by atoms with E-state index >= 15 is 0 Å². The van der Waals surface area contributed by atoms with Gasteiger partial charge >= 0.3 is 0 Å². The van der Waals surface area contributed by atoms with Gasteiger partial charge in [-0.25, -0.2) is 0 Å². The minimum atomic E-state index is 0.0823. The van der Waals surface area contributed by atoms with Gasteiger partial charge in [-0.05, 0) is 30.7 Å². The lowest BCUT2D eigenvalue weighted by atomic mass is 10.0. The van der Waals surface area contributed by atoms with Gasteiger partial charge in [-0.2, -0.15) is 0 Å². The van der Waals surface area contributed by atoms with Crippen molar-refractivity contribution in [1.29, 1.82) is 0 Å². The molecule has 21 heavy (non-hydrogen) atoms. The second-order valence-corrected chi connectivity index (χ2v) is 7.15. The Morgan fingerprint density at radius 2 is 2.05 bits per heavy atom. The van der Waals surface area contributed by atoms with Crippen LogP contribution < -0.4 is 0 Å². The molecule has 6 heteroatoms.